The molecule has 0 aromatic heterocycles. The summed E-state index contributed by atoms with van der Waals surface area (Å²) in [5.41, 5.74) is 3.05. The number of nitrogens with zero attached hydrogens (tertiary/aromatic N) is 1. The molecule has 0 spiro atoms. The molecule has 0 aliphatic carbocycles. The molecule has 2 unspecified atom stereocenters. The van der Waals surface area contributed by atoms with Crippen LogP contribution in [-0.2, 0) is 0 Å². The minimum absolute atomic E-state index is 0. The SMILES string of the molecule is C[N+](C)(C(C(=O)c1ccccc1)c1ccccc1)C(C(=O)c1ccccc1)c1ccccc1.[Cl-]. The molecule has 0 bridgehead atoms. The number of halogens is 1. The van der Waals surface area contributed by atoms with Crippen molar-refractivity contribution in [3.63, 3.8) is 0 Å². The molecule has 0 fully saturated rings. The highest BCUT2D eigenvalue weighted by molar-refractivity contribution is 6.02. The van der Waals surface area contributed by atoms with E-state index in [1.165, 1.54) is 0 Å². The monoisotopic (exact) mass is 469 g/mol. The number of quaternary nitrogens is 1. The molecular formula is C30H28ClNO2. The summed E-state index contributed by atoms with van der Waals surface area (Å²) >= 11 is 0. The second-order valence-corrected chi connectivity index (χ2v) is 8.72. The number of likely N-dealkylation sites (N-methyl/N-ethyl adjacent to an activating group) is 1. The van der Waals surface area contributed by atoms with E-state index < -0.39 is 12.1 Å². The Morgan fingerprint density at radius 2 is 0.765 bits per heavy atom. The highest BCUT2D eigenvalue weighted by Gasteiger charge is 2.46. The molecule has 4 heteroatoms. The van der Waals surface area contributed by atoms with E-state index in [4.69, 9.17) is 0 Å². The summed E-state index contributed by atoms with van der Waals surface area (Å²) in [6, 6.07) is 37.1. The van der Waals surface area contributed by atoms with Crippen molar-refractivity contribution in [3.05, 3.63) is 144 Å². The molecule has 0 N–H and O–H groups in total. The maximum absolute atomic E-state index is 14.0. The maximum atomic E-state index is 14.0. The first-order chi connectivity index (χ1) is 16.0. The van der Waals surface area contributed by atoms with E-state index in [1.807, 2.05) is 135 Å². The van der Waals surface area contributed by atoms with Gasteiger partial charge in [0.15, 0.2) is 12.1 Å². The van der Waals surface area contributed by atoms with Crippen LogP contribution in [0.15, 0.2) is 121 Å². The van der Waals surface area contributed by atoms with Crippen LogP contribution in [0.25, 0.3) is 0 Å². The Bertz CT molecular complexity index is 1110. The normalized spacial score (nSPS) is 12.8. The van der Waals surface area contributed by atoms with Gasteiger partial charge in [-0.05, 0) is 0 Å². The molecule has 172 valence electrons. The topological polar surface area (TPSA) is 34.1 Å². The largest absolute Gasteiger partial charge is 1.00 e. The van der Waals surface area contributed by atoms with Gasteiger partial charge in [0.2, 0.25) is 11.6 Å². The first-order valence-corrected chi connectivity index (χ1v) is 11.1. The number of Topliss-reactive ketones (excluding diaryl/α,β-unsaturated/α-hetero) is 2. The van der Waals surface area contributed by atoms with Crippen molar-refractivity contribution >= 4 is 11.6 Å². The van der Waals surface area contributed by atoms with Crippen molar-refractivity contribution in [2.24, 2.45) is 0 Å². The molecule has 0 radical (unpaired) electrons. The third kappa shape index (κ3) is 5.17. The maximum Gasteiger partial charge on any atom is 0.224 e. The zero-order valence-corrected chi connectivity index (χ0v) is 20.1. The molecule has 0 amide bonds. The van der Waals surface area contributed by atoms with Crippen molar-refractivity contribution in [1.82, 2.24) is 0 Å². The molecule has 2 atom stereocenters. The fourth-order valence-corrected chi connectivity index (χ4v) is 4.62. The quantitative estimate of drug-likeness (QED) is 0.293. The van der Waals surface area contributed by atoms with Crippen LogP contribution >= 0.6 is 0 Å². The lowest BCUT2D eigenvalue weighted by molar-refractivity contribution is -0.931. The standard InChI is InChI=1S/C30H28NO2.ClH/c1-31(2,27(23-15-7-3-8-16-23)29(32)25-19-11-5-12-20-25)28(24-17-9-4-10-18-24)30(33)26-21-13-6-14-22-26;/h3-22,27-28H,1-2H3;1H/q+1;/p-1. The van der Waals surface area contributed by atoms with Crippen LogP contribution in [0.5, 0.6) is 0 Å². The van der Waals surface area contributed by atoms with E-state index >= 15 is 0 Å². The average Bonchev–Trinajstić information content (AvgIpc) is 2.86. The predicted octanol–water partition coefficient (Wildman–Crippen LogP) is 3.32. The third-order valence-electron chi connectivity index (χ3n) is 6.17. The van der Waals surface area contributed by atoms with Crippen LogP contribution in [-0.4, -0.2) is 30.1 Å². The lowest BCUT2D eigenvalue weighted by Crippen LogP contribution is -3.00. The van der Waals surface area contributed by atoms with Gasteiger partial charge in [-0.1, -0.05) is 121 Å². The van der Waals surface area contributed by atoms with E-state index in [1.54, 1.807) is 0 Å². The second-order valence-electron chi connectivity index (χ2n) is 8.72. The lowest BCUT2D eigenvalue weighted by Gasteiger charge is -2.43. The molecular weight excluding hydrogens is 442 g/mol. The summed E-state index contributed by atoms with van der Waals surface area (Å²) in [5, 5.41) is 0. The van der Waals surface area contributed by atoms with Crippen LogP contribution in [0, 0.1) is 0 Å². The van der Waals surface area contributed by atoms with E-state index in [0.29, 0.717) is 11.1 Å². The van der Waals surface area contributed by atoms with Crippen LogP contribution in [0.2, 0.25) is 0 Å². The zero-order chi connectivity index (χ0) is 23.3. The highest BCUT2D eigenvalue weighted by atomic mass is 35.5. The molecule has 34 heavy (non-hydrogen) atoms. The van der Waals surface area contributed by atoms with Crippen LogP contribution in [0.1, 0.15) is 43.9 Å². The van der Waals surface area contributed by atoms with Crippen molar-refractivity contribution in [3.8, 4) is 0 Å². The Kier molecular flexibility index (Phi) is 8.17. The number of hydrogen-bond donors (Lipinski definition) is 0. The van der Waals surface area contributed by atoms with E-state index in [-0.39, 0.29) is 28.5 Å². The van der Waals surface area contributed by atoms with E-state index in [0.717, 1.165) is 11.1 Å². The van der Waals surface area contributed by atoms with Gasteiger partial charge in [-0.2, -0.15) is 0 Å². The lowest BCUT2D eigenvalue weighted by atomic mass is 9.88. The average molecular weight is 470 g/mol. The Morgan fingerprint density at radius 3 is 1.06 bits per heavy atom. The van der Waals surface area contributed by atoms with Crippen LogP contribution in [0.4, 0.5) is 0 Å². The minimum atomic E-state index is -0.563. The Balaban J connectivity index is 0.00000324. The van der Waals surface area contributed by atoms with Gasteiger partial charge in [0.05, 0.1) is 14.1 Å². The molecule has 0 saturated heterocycles. The fraction of sp³-hybridized carbons (Fsp3) is 0.133. The van der Waals surface area contributed by atoms with Crippen LogP contribution in [0.3, 0.4) is 0 Å². The summed E-state index contributed by atoms with van der Waals surface area (Å²) in [7, 11) is 3.97. The Hall–Kier alpha value is -3.53. The van der Waals surface area contributed by atoms with Gasteiger partial charge in [0.25, 0.3) is 0 Å². The van der Waals surface area contributed by atoms with Crippen molar-refractivity contribution in [1.29, 1.82) is 0 Å². The smallest absolute Gasteiger partial charge is 0.224 e. The van der Waals surface area contributed by atoms with Crippen LogP contribution < -0.4 is 12.4 Å². The number of hydrogen-bond acceptors (Lipinski definition) is 2. The molecule has 3 nitrogen and oxygen atoms in total. The number of benzene rings is 4. The number of carbonyl (C=O) groups is 2. The highest BCUT2D eigenvalue weighted by Crippen LogP contribution is 2.39. The predicted molar refractivity (Wildman–Crippen MR) is 132 cm³/mol. The summed E-state index contributed by atoms with van der Waals surface area (Å²) in [6.45, 7) is 0. The summed E-state index contributed by atoms with van der Waals surface area (Å²) in [6.07, 6.45) is 0. The zero-order valence-electron chi connectivity index (χ0n) is 19.3. The summed E-state index contributed by atoms with van der Waals surface area (Å²) in [5.74, 6) is -0.0119. The third-order valence-corrected chi connectivity index (χ3v) is 6.17. The number of ketones is 2. The first kappa shape index (κ1) is 25.1. The second kappa shape index (κ2) is 11.1. The molecule has 4 aromatic carbocycles. The Labute approximate surface area is 207 Å². The van der Waals surface area contributed by atoms with Gasteiger partial charge in [0.1, 0.15) is 0 Å². The van der Waals surface area contributed by atoms with Gasteiger partial charge < -0.3 is 16.9 Å². The minimum Gasteiger partial charge on any atom is -1.00 e. The molecule has 0 aliphatic rings. The Morgan fingerprint density at radius 1 is 0.500 bits per heavy atom. The first-order valence-electron chi connectivity index (χ1n) is 11.1. The van der Waals surface area contributed by atoms with Crippen molar-refractivity contribution in [2.45, 2.75) is 12.1 Å². The van der Waals surface area contributed by atoms with Crippen molar-refractivity contribution < 1.29 is 26.5 Å². The number of rotatable bonds is 8. The summed E-state index contributed by atoms with van der Waals surface area (Å²) < 4.78 is 0.162. The molecule has 0 heterocycles. The van der Waals surface area contributed by atoms with Gasteiger partial charge >= 0.3 is 0 Å². The molecule has 4 rings (SSSR count). The van der Waals surface area contributed by atoms with Gasteiger partial charge in [-0.25, -0.2) is 0 Å². The van der Waals surface area contributed by atoms with Gasteiger partial charge in [-0.3, -0.25) is 9.59 Å². The summed E-state index contributed by atoms with van der Waals surface area (Å²) in [4.78, 5) is 27.9. The molecule has 0 aliphatic heterocycles. The van der Waals surface area contributed by atoms with E-state index in [9.17, 15) is 9.59 Å². The number of carbonyl (C=O) groups excluding carboxylic acids is 2. The van der Waals surface area contributed by atoms with Crippen molar-refractivity contribution in [2.75, 3.05) is 14.1 Å². The van der Waals surface area contributed by atoms with Gasteiger partial charge in [0, 0.05) is 22.3 Å². The molecule has 0 saturated carbocycles. The molecule has 4 aromatic rings. The fourth-order valence-electron chi connectivity index (χ4n) is 4.62. The van der Waals surface area contributed by atoms with Gasteiger partial charge in [-0.15, -0.1) is 0 Å². The van der Waals surface area contributed by atoms with E-state index in [2.05, 4.69) is 0 Å².